The number of methoxy groups -OCH3 is 1. The van der Waals surface area contributed by atoms with E-state index in [4.69, 9.17) is 14.6 Å². The van der Waals surface area contributed by atoms with Crippen molar-refractivity contribution < 1.29 is 28.6 Å². The molecule has 0 saturated carbocycles. The number of carbonyl (C=O) groups is 2. The van der Waals surface area contributed by atoms with Gasteiger partial charge in [0.05, 0.1) is 13.5 Å². The highest BCUT2D eigenvalue weighted by atomic mass is 19.1. The zero-order valence-corrected chi connectivity index (χ0v) is 16.5. The van der Waals surface area contributed by atoms with Crippen LogP contribution in [0.15, 0.2) is 30.3 Å². The standard InChI is InChI=1S/C22H24FNO5/c1-3-29-13-21(25)24-9-8-16-18(12-24)15(5-6-19(16)23)17-10-14(11-22(26)27)4-7-20(17)28-2/h4-7,10H,3,8-9,11-13H2,1-2H3,(H,26,27). The van der Waals surface area contributed by atoms with E-state index in [0.29, 0.717) is 47.6 Å². The first-order chi connectivity index (χ1) is 13.9. The Bertz CT molecular complexity index is 928. The number of fused-ring (bicyclic) bond motifs is 1. The first kappa shape index (κ1) is 20.8. The molecule has 2 aromatic rings. The predicted octanol–water partition coefficient (Wildman–Crippen LogP) is 3.05. The molecule has 1 heterocycles. The summed E-state index contributed by atoms with van der Waals surface area (Å²) in [5.74, 6) is -0.818. The number of amides is 1. The molecule has 0 radical (unpaired) electrons. The molecule has 7 heteroatoms. The number of hydrogen-bond acceptors (Lipinski definition) is 4. The molecule has 0 spiro atoms. The molecule has 0 fully saturated rings. The SMILES string of the molecule is CCOCC(=O)N1CCc2c(F)ccc(-c3cc(CC(=O)O)ccc3OC)c2C1. The van der Waals surface area contributed by atoms with Gasteiger partial charge < -0.3 is 19.5 Å². The summed E-state index contributed by atoms with van der Waals surface area (Å²) in [6.45, 7) is 2.95. The molecular weight excluding hydrogens is 377 g/mol. The van der Waals surface area contributed by atoms with Gasteiger partial charge in [0, 0.05) is 25.3 Å². The van der Waals surface area contributed by atoms with Gasteiger partial charge in [-0.15, -0.1) is 0 Å². The van der Waals surface area contributed by atoms with Gasteiger partial charge in [-0.3, -0.25) is 9.59 Å². The second kappa shape index (κ2) is 9.05. The predicted molar refractivity (Wildman–Crippen MR) is 105 cm³/mol. The van der Waals surface area contributed by atoms with Gasteiger partial charge >= 0.3 is 5.97 Å². The third-order valence-electron chi connectivity index (χ3n) is 5.05. The molecule has 0 atom stereocenters. The van der Waals surface area contributed by atoms with E-state index in [9.17, 15) is 14.0 Å². The van der Waals surface area contributed by atoms with Crippen molar-refractivity contribution in [3.63, 3.8) is 0 Å². The van der Waals surface area contributed by atoms with Crippen molar-refractivity contribution in [2.45, 2.75) is 26.3 Å². The lowest BCUT2D eigenvalue weighted by Gasteiger charge is -2.31. The number of rotatable bonds is 7. The highest BCUT2D eigenvalue weighted by molar-refractivity contribution is 5.80. The van der Waals surface area contributed by atoms with E-state index in [1.54, 1.807) is 29.2 Å². The monoisotopic (exact) mass is 401 g/mol. The Hall–Kier alpha value is -2.93. The van der Waals surface area contributed by atoms with Crippen LogP contribution in [0.5, 0.6) is 5.75 Å². The van der Waals surface area contributed by atoms with E-state index in [1.807, 2.05) is 6.92 Å². The maximum Gasteiger partial charge on any atom is 0.307 e. The Morgan fingerprint density at radius 1 is 1.17 bits per heavy atom. The molecule has 1 aliphatic heterocycles. The second-order valence-electron chi connectivity index (χ2n) is 6.86. The summed E-state index contributed by atoms with van der Waals surface area (Å²) in [7, 11) is 1.53. The minimum atomic E-state index is -0.935. The molecule has 0 aliphatic carbocycles. The fourth-order valence-corrected chi connectivity index (χ4v) is 3.63. The molecule has 2 aromatic carbocycles. The molecule has 1 N–H and O–H groups in total. The van der Waals surface area contributed by atoms with Crippen LogP contribution in [0.25, 0.3) is 11.1 Å². The average molecular weight is 401 g/mol. The van der Waals surface area contributed by atoms with Crippen molar-refractivity contribution in [2.75, 3.05) is 26.9 Å². The van der Waals surface area contributed by atoms with Gasteiger partial charge in [-0.2, -0.15) is 0 Å². The normalized spacial score (nSPS) is 13.1. The highest BCUT2D eigenvalue weighted by Crippen LogP contribution is 2.37. The lowest BCUT2D eigenvalue weighted by atomic mass is 9.89. The molecule has 1 amide bonds. The molecule has 154 valence electrons. The summed E-state index contributed by atoms with van der Waals surface area (Å²) in [4.78, 5) is 25.2. The summed E-state index contributed by atoms with van der Waals surface area (Å²) < 4.78 is 25.2. The average Bonchev–Trinajstić information content (AvgIpc) is 2.71. The first-order valence-electron chi connectivity index (χ1n) is 9.49. The van der Waals surface area contributed by atoms with Crippen molar-refractivity contribution in [3.05, 3.63) is 52.8 Å². The number of hydrogen-bond donors (Lipinski definition) is 1. The van der Waals surface area contributed by atoms with Crippen LogP contribution in [-0.4, -0.2) is 48.8 Å². The topological polar surface area (TPSA) is 76.1 Å². The number of carbonyl (C=O) groups excluding carboxylic acids is 1. The lowest BCUT2D eigenvalue weighted by molar-refractivity contribution is -0.137. The third-order valence-corrected chi connectivity index (χ3v) is 5.05. The Morgan fingerprint density at radius 2 is 1.97 bits per heavy atom. The Balaban J connectivity index is 2.04. The summed E-state index contributed by atoms with van der Waals surface area (Å²) in [5.41, 5.74) is 3.33. The van der Waals surface area contributed by atoms with E-state index in [1.165, 1.54) is 13.2 Å². The fraction of sp³-hybridized carbons (Fsp3) is 0.364. The molecule has 0 aromatic heterocycles. The van der Waals surface area contributed by atoms with Gasteiger partial charge in [0.1, 0.15) is 18.2 Å². The van der Waals surface area contributed by atoms with Crippen LogP contribution in [0.3, 0.4) is 0 Å². The summed E-state index contributed by atoms with van der Waals surface area (Å²) in [5, 5.41) is 9.11. The van der Waals surface area contributed by atoms with Crippen LogP contribution in [0.4, 0.5) is 4.39 Å². The van der Waals surface area contributed by atoms with Crippen LogP contribution in [0, 0.1) is 5.82 Å². The molecule has 3 rings (SSSR count). The molecule has 0 bridgehead atoms. The molecule has 1 aliphatic rings. The number of aliphatic carboxylic acids is 1. The quantitative estimate of drug-likeness (QED) is 0.772. The van der Waals surface area contributed by atoms with E-state index >= 15 is 0 Å². The minimum Gasteiger partial charge on any atom is -0.496 e. The molecule has 0 unspecified atom stereocenters. The largest absolute Gasteiger partial charge is 0.496 e. The van der Waals surface area contributed by atoms with Crippen LogP contribution in [-0.2, 0) is 33.7 Å². The van der Waals surface area contributed by atoms with Crippen molar-refractivity contribution in [1.29, 1.82) is 0 Å². The third kappa shape index (κ3) is 4.56. The number of ether oxygens (including phenoxy) is 2. The number of carboxylic acid groups (broad SMARTS) is 1. The summed E-state index contributed by atoms with van der Waals surface area (Å²) in [6, 6.07) is 8.23. The van der Waals surface area contributed by atoms with Crippen molar-refractivity contribution in [1.82, 2.24) is 4.90 Å². The lowest BCUT2D eigenvalue weighted by Crippen LogP contribution is -2.38. The summed E-state index contributed by atoms with van der Waals surface area (Å²) >= 11 is 0. The number of nitrogens with zero attached hydrogens (tertiary/aromatic N) is 1. The van der Waals surface area contributed by atoms with Crippen LogP contribution >= 0.6 is 0 Å². The van der Waals surface area contributed by atoms with Crippen LogP contribution in [0.1, 0.15) is 23.6 Å². The first-order valence-corrected chi connectivity index (χ1v) is 9.49. The minimum absolute atomic E-state index is 0.00605. The summed E-state index contributed by atoms with van der Waals surface area (Å²) in [6.07, 6.45) is 0.281. The van der Waals surface area contributed by atoms with Gasteiger partial charge in [-0.25, -0.2) is 4.39 Å². The van der Waals surface area contributed by atoms with Crippen molar-refractivity contribution >= 4 is 11.9 Å². The van der Waals surface area contributed by atoms with Gasteiger partial charge in [0.25, 0.3) is 0 Å². The molecule has 29 heavy (non-hydrogen) atoms. The number of carboxylic acids is 1. The Morgan fingerprint density at radius 3 is 2.66 bits per heavy atom. The van der Waals surface area contributed by atoms with E-state index in [0.717, 1.165) is 5.56 Å². The number of benzene rings is 2. The Labute approximate surface area is 168 Å². The molecular formula is C22H24FNO5. The molecule has 6 nitrogen and oxygen atoms in total. The van der Waals surface area contributed by atoms with Crippen molar-refractivity contribution in [3.8, 4) is 16.9 Å². The Kier molecular flexibility index (Phi) is 6.49. The fourth-order valence-electron chi connectivity index (χ4n) is 3.63. The molecule has 0 saturated heterocycles. The van der Waals surface area contributed by atoms with E-state index in [2.05, 4.69) is 0 Å². The van der Waals surface area contributed by atoms with Gasteiger partial charge in [0.2, 0.25) is 5.91 Å². The van der Waals surface area contributed by atoms with Gasteiger partial charge in [-0.1, -0.05) is 12.1 Å². The van der Waals surface area contributed by atoms with E-state index in [-0.39, 0.29) is 31.3 Å². The van der Waals surface area contributed by atoms with Gasteiger partial charge in [-0.05, 0) is 53.8 Å². The van der Waals surface area contributed by atoms with Crippen LogP contribution < -0.4 is 4.74 Å². The maximum atomic E-state index is 14.5. The highest BCUT2D eigenvalue weighted by Gasteiger charge is 2.26. The van der Waals surface area contributed by atoms with Crippen LogP contribution in [0.2, 0.25) is 0 Å². The smallest absolute Gasteiger partial charge is 0.307 e. The number of halogens is 1. The zero-order valence-electron chi connectivity index (χ0n) is 16.5. The van der Waals surface area contributed by atoms with E-state index < -0.39 is 5.97 Å². The maximum absolute atomic E-state index is 14.5. The van der Waals surface area contributed by atoms with Gasteiger partial charge in [0.15, 0.2) is 0 Å². The second-order valence-corrected chi connectivity index (χ2v) is 6.86. The zero-order chi connectivity index (χ0) is 21.0. The van der Waals surface area contributed by atoms with Crippen molar-refractivity contribution in [2.24, 2.45) is 0 Å².